The van der Waals surface area contributed by atoms with Crippen LogP contribution in [0.2, 0.25) is 0 Å². The van der Waals surface area contributed by atoms with E-state index < -0.39 is 0 Å². The molecule has 0 spiro atoms. The lowest BCUT2D eigenvalue weighted by atomic mass is 10.1. The number of halogens is 1. The molecule has 0 fully saturated rings. The first kappa shape index (κ1) is 13.5. The summed E-state index contributed by atoms with van der Waals surface area (Å²) in [6, 6.07) is 6.02. The summed E-state index contributed by atoms with van der Waals surface area (Å²) in [4.78, 5) is 0. The normalized spacial score (nSPS) is 10.4. The smallest absolute Gasteiger partial charge is 0.122 e. The summed E-state index contributed by atoms with van der Waals surface area (Å²) in [7, 11) is 1.69. The van der Waals surface area contributed by atoms with Gasteiger partial charge in [0.1, 0.15) is 5.75 Å². The molecule has 0 heterocycles. The largest absolute Gasteiger partial charge is 0.496 e. The van der Waals surface area contributed by atoms with Crippen molar-refractivity contribution in [3.05, 3.63) is 28.2 Å². The van der Waals surface area contributed by atoms with Crippen molar-refractivity contribution in [2.24, 2.45) is 0 Å². The molecule has 1 aromatic rings. The molecular weight excluding hydrogens is 270 g/mol. The molecule has 0 radical (unpaired) electrons. The van der Waals surface area contributed by atoms with Crippen molar-refractivity contribution < 1.29 is 9.84 Å². The second-order valence-electron chi connectivity index (χ2n) is 3.53. The van der Waals surface area contributed by atoms with Crippen LogP contribution in [0.25, 0.3) is 0 Å². The van der Waals surface area contributed by atoms with Crippen LogP contribution in [-0.2, 0) is 6.42 Å². The third-order valence-electron chi connectivity index (χ3n) is 2.33. The van der Waals surface area contributed by atoms with E-state index >= 15 is 0 Å². The van der Waals surface area contributed by atoms with Crippen LogP contribution in [0.4, 0.5) is 0 Å². The summed E-state index contributed by atoms with van der Waals surface area (Å²) in [5.74, 6) is 0.923. The molecule has 4 heteroatoms. The van der Waals surface area contributed by atoms with Gasteiger partial charge in [0.05, 0.1) is 7.11 Å². The molecule has 1 aromatic carbocycles. The maximum atomic E-state index is 8.63. The molecule has 2 N–H and O–H groups in total. The number of aliphatic hydroxyl groups excluding tert-OH is 1. The fraction of sp³-hybridized carbons (Fsp3) is 0.500. The van der Waals surface area contributed by atoms with Gasteiger partial charge in [-0.15, -0.1) is 0 Å². The van der Waals surface area contributed by atoms with Crippen LogP contribution >= 0.6 is 15.9 Å². The van der Waals surface area contributed by atoms with Crippen molar-refractivity contribution in [1.29, 1.82) is 0 Å². The quantitative estimate of drug-likeness (QED) is 0.754. The van der Waals surface area contributed by atoms with Crippen LogP contribution in [0.3, 0.4) is 0 Å². The fourth-order valence-corrected chi connectivity index (χ4v) is 1.90. The summed E-state index contributed by atoms with van der Waals surface area (Å²) in [6.07, 6.45) is 1.73. The number of rotatable bonds is 7. The van der Waals surface area contributed by atoms with E-state index in [1.165, 1.54) is 5.56 Å². The van der Waals surface area contributed by atoms with Gasteiger partial charge in [0, 0.05) is 11.1 Å². The van der Waals surface area contributed by atoms with Crippen LogP contribution in [0, 0.1) is 0 Å². The molecule has 0 bridgehead atoms. The molecule has 0 unspecified atom stereocenters. The summed E-state index contributed by atoms with van der Waals surface area (Å²) >= 11 is 3.45. The second-order valence-corrected chi connectivity index (χ2v) is 4.45. The third kappa shape index (κ3) is 4.51. The van der Waals surface area contributed by atoms with Crippen molar-refractivity contribution in [2.75, 3.05) is 26.8 Å². The van der Waals surface area contributed by atoms with E-state index in [4.69, 9.17) is 9.84 Å². The first-order chi connectivity index (χ1) is 7.77. The van der Waals surface area contributed by atoms with Gasteiger partial charge in [0.25, 0.3) is 0 Å². The summed E-state index contributed by atoms with van der Waals surface area (Å²) in [5.41, 5.74) is 1.19. The third-order valence-corrected chi connectivity index (χ3v) is 2.82. The van der Waals surface area contributed by atoms with Crippen LogP contribution in [0.1, 0.15) is 12.0 Å². The standard InChI is InChI=1S/C12H18BrNO2/c1-16-12-4-3-11(13)9-10(12)5-7-14-6-2-8-15/h3-4,9,14-15H,2,5-8H2,1H3. The number of hydrogen-bond donors (Lipinski definition) is 2. The molecule has 1 rings (SSSR count). The van der Waals surface area contributed by atoms with E-state index in [2.05, 4.69) is 27.3 Å². The fourth-order valence-electron chi connectivity index (χ4n) is 1.49. The maximum absolute atomic E-state index is 8.63. The Balaban J connectivity index is 2.42. The van der Waals surface area contributed by atoms with Crippen molar-refractivity contribution >= 4 is 15.9 Å². The Hall–Kier alpha value is -0.580. The van der Waals surface area contributed by atoms with E-state index in [9.17, 15) is 0 Å². The van der Waals surface area contributed by atoms with Gasteiger partial charge < -0.3 is 15.2 Å². The van der Waals surface area contributed by atoms with Gasteiger partial charge in [-0.1, -0.05) is 15.9 Å². The number of methoxy groups -OCH3 is 1. The first-order valence-electron chi connectivity index (χ1n) is 5.42. The highest BCUT2D eigenvalue weighted by molar-refractivity contribution is 9.10. The zero-order chi connectivity index (χ0) is 11.8. The van der Waals surface area contributed by atoms with Gasteiger partial charge in [-0.3, -0.25) is 0 Å². The number of ether oxygens (including phenoxy) is 1. The van der Waals surface area contributed by atoms with E-state index in [1.807, 2.05) is 12.1 Å². The Morgan fingerprint density at radius 1 is 1.38 bits per heavy atom. The molecule has 0 aromatic heterocycles. The monoisotopic (exact) mass is 287 g/mol. The highest BCUT2D eigenvalue weighted by Gasteiger charge is 2.02. The molecular formula is C12H18BrNO2. The minimum absolute atomic E-state index is 0.243. The van der Waals surface area contributed by atoms with E-state index in [0.29, 0.717) is 0 Å². The lowest BCUT2D eigenvalue weighted by Gasteiger charge is -2.09. The molecule has 90 valence electrons. The van der Waals surface area contributed by atoms with Crippen LogP contribution in [0.15, 0.2) is 22.7 Å². The predicted octanol–water partition coefficient (Wildman–Crippen LogP) is 1.97. The SMILES string of the molecule is COc1ccc(Br)cc1CCNCCCO. The average Bonchev–Trinajstić information content (AvgIpc) is 2.29. The zero-order valence-corrected chi connectivity index (χ0v) is 11.1. The Bertz CT molecular complexity index is 318. The zero-order valence-electron chi connectivity index (χ0n) is 9.50. The highest BCUT2D eigenvalue weighted by atomic mass is 79.9. The molecule has 0 aliphatic heterocycles. The lowest BCUT2D eigenvalue weighted by Crippen LogP contribution is -2.19. The van der Waals surface area contributed by atoms with Gasteiger partial charge in [-0.05, 0) is 49.7 Å². The number of benzene rings is 1. The van der Waals surface area contributed by atoms with E-state index in [0.717, 1.165) is 36.2 Å². The highest BCUT2D eigenvalue weighted by Crippen LogP contribution is 2.22. The van der Waals surface area contributed by atoms with Crippen LogP contribution < -0.4 is 10.1 Å². The van der Waals surface area contributed by atoms with Crippen molar-refractivity contribution in [3.8, 4) is 5.75 Å². The van der Waals surface area contributed by atoms with Crippen molar-refractivity contribution in [2.45, 2.75) is 12.8 Å². The molecule has 0 aliphatic carbocycles. The predicted molar refractivity (Wildman–Crippen MR) is 69.0 cm³/mol. The number of aliphatic hydroxyl groups is 1. The summed E-state index contributed by atoms with van der Waals surface area (Å²) in [5, 5.41) is 11.9. The van der Waals surface area contributed by atoms with E-state index in [1.54, 1.807) is 7.11 Å². The van der Waals surface area contributed by atoms with Gasteiger partial charge in [0.15, 0.2) is 0 Å². The molecule has 16 heavy (non-hydrogen) atoms. The van der Waals surface area contributed by atoms with Crippen LogP contribution in [-0.4, -0.2) is 31.9 Å². The van der Waals surface area contributed by atoms with Gasteiger partial charge in [-0.2, -0.15) is 0 Å². The average molecular weight is 288 g/mol. The molecule has 0 aliphatic rings. The molecule has 0 atom stereocenters. The Labute approximate surface area is 105 Å². The van der Waals surface area contributed by atoms with Gasteiger partial charge in [0.2, 0.25) is 0 Å². The Morgan fingerprint density at radius 2 is 2.19 bits per heavy atom. The summed E-state index contributed by atoms with van der Waals surface area (Å²) in [6.45, 7) is 1.99. The van der Waals surface area contributed by atoms with Gasteiger partial charge in [-0.25, -0.2) is 0 Å². The molecule has 0 saturated heterocycles. The second kappa shape index (κ2) is 7.65. The maximum Gasteiger partial charge on any atom is 0.122 e. The number of nitrogens with one attached hydrogen (secondary N) is 1. The molecule has 0 saturated carbocycles. The molecule has 0 amide bonds. The lowest BCUT2D eigenvalue weighted by molar-refractivity contribution is 0.286. The van der Waals surface area contributed by atoms with E-state index in [-0.39, 0.29) is 6.61 Å². The number of hydrogen-bond acceptors (Lipinski definition) is 3. The topological polar surface area (TPSA) is 41.5 Å². The van der Waals surface area contributed by atoms with Crippen LogP contribution in [0.5, 0.6) is 5.75 Å². The Kier molecular flexibility index (Phi) is 6.45. The van der Waals surface area contributed by atoms with Crippen molar-refractivity contribution in [1.82, 2.24) is 5.32 Å². The minimum atomic E-state index is 0.243. The Morgan fingerprint density at radius 3 is 2.88 bits per heavy atom. The molecule has 3 nitrogen and oxygen atoms in total. The first-order valence-corrected chi connectivity index (χ1v) is 6.21. The summed E-state index contributed by atoms with van der Waals surface area (Å²) < 4.78 is 6.36. The van der Waals surface area contributed by atoms with Gasteiger partial charge >= 0.3 is 0 Å². The van der Waals surface area contributed by atoms with Crippen molar-refractivity contribution in [3.63, 3.8) is 0 Å². The minimum Gasteiger partial charge on any atom is -0.496 e.